The second kappa shape index (κ2) is 3.77. The maximum Gasteiger partial charge on any atom is 0.111 e. The number of aromatic nitrogens is 2. The van der Waals surface area contributed by atoms with Crippen LogP contribution in [0.15, 0.2) is 23.9 Å². The molecule has 0 radical (unpaired) electrons. The highest BCUT2D eigenvalue weighted by atomic mass is 15.3. The summed E-state index contributed by atoms with van der Waals surface area (Å²) in [7, 11) is 0. The third-order valence-corrected chi connectivity index (χ3v) is 1.54. The summed E-state index contributed by atoms with van der Waals surface area (Å²) in [5, 5.41) is 4.09. The normalized spacial score (nSPS) is 9.08. The van der Waals surface area contributed by atoms with Crippen LogP contribution >= 0.6 is 0 Å². The van der Waals surface area contributed by atoms with Crippen LogP contribution in [-0.2, 0) is 6.54 Å². The van der Waals surface area contributed by atoms with Gasteiger partial charge in [0.2, 0.25) is 0 Å². The molecule has 1 aromatic heterocycles. The van der Waals surface area contributed by atoms with Gasteiger partial charge in [0, 0.05) is 0 Å². The van der Waals surface area contributed by atoms with Crippen molar-refractivity contribution in [3.8, 4) is 12.3 Å². The maximum absolute atomic E-state index is 5.27. The number of hydrogen-bond acceptors (Lipinski definition) is 1. The van der Waals surface area contributed by atoms with E-state index in [2.05, 4.69) is 30.9 Å². The first kappa shape index (κ1) is 8.61. The van der Waals surface area contributed by atoms with Crippen LogP contribution in [0.4, 0.5) is 0 Å². The molecule has 0 amide bonds. The molecule has 1 aromatic rings. The Balaban J connectivity index is 2.77. The van der Waals surface area contributed by atoms with Crippen LogP contribution in [0.3, 0.4) is 0 Å². The average molecular weight is 160 g/mol. The van der Waals surface area contributed by atoms with Gasteiger partial charge < -0.3 is 0 Å². The zero-order valence-electron chi connectivity index (χ0n) is 7.41. The summed E-state index contributed by atoms with van der Waals surface area (Å²) in [6.07, 6.45) is 9.08. The first-order valence-corrected chi connectivity index (χ1v) is 3.86. The van der Waals surface area contributed by atoms with Gasteiger partial charge in [-0.3, -0.25) is 4.68 Å². The number of allylic oxidation sites excluding steroid dienone is 2. The van der Waals surface area contributed by atoms with Crippen molar-refractivity contribution in [2.45, 2.75) is 20.4 Å². The zero-order chi connectivity index (χ0) is 8.97. The summed E-state index contributed by atoms with van der Waals surface area (Å²) in [4.78, 5) is 0. The van der Waals surface area contributed by atoms with E-state index in [-0.39, 0.29) is 0 Å². The van der Waals surface area contributed by atoms with Crippen LogP contribution in [0.25, 0.3) is 0 Å². The number of terminal acetylenes is 1. The SMILES string of the molecule is C#Cc1ccnn1CC=C(C)C. The quantitative estimate of drug-likeness (QED) is 0.476. The standard InChI is InChI=1S/C10H12N2/c1-4-10-5-7-11-12(10)8-6-9(2)3/h1,5-7H,8H2,2-3H3. The third-order valence-electron chi connectivity index (χ3n) is 1.54. The van der Waals surface area contributed by atoms with E-state index >= 15 is 0 Å². The predicted octanol–water partition coefficient (Wildman–Crippen LogP) is 1.83. The molecule has 0 aliphatic rings. The highest BCUT2D eigenvalue weighted by molar-refractivity contribution is 5.23. The van der Waals surface area contributed by atoms with Crippen LogP contribution in [-0.4, -0.2) is 9.78 Å². The lowest BCUT2D eigenvalue weighted by Gasteiger charge is -1.98. The molecule has 1 heterocycles. The monoisotopic (exact) mass is 160 g/mol. The van der Waals surface area contributed by atoms with Crippen molar-refractivity contribution in [3.05, 3.63) is 29.6 Å². The Bertz CT molecular complexity index is 322. The molecule has 0 atom stereocenters. The van der Waals surface area contributed by atoms with Gasteiger partial charge in [-0.15, -0.1) is 6.42 Å². The summed E-state index contributed by atoms with van der Waals surface area (Å²) in [6.45, 7) is 4.87. The summed E-state index contributed by atoms with van der Waals surface area (Å²) in [5.74, 6) is 2.57. The molecule has 0 saturated carbocycles. The Hall–Kier alpha value is -1.49. The predicted molar refractivity (Wildman–Crippen MR) is 49.6 cm³/mol. The van der Waals surface area contributed by atoms with E-state index in [0.717, 1.165) is 12.2 Å². The molecule has 62 valence electrons. The second-order valence-corrected chi connectivity index (χ2v) is 2.82. The fourth-order valence-corrected chi connectivity index (χ4v) is 0.870. The zero-order valence-corrected chi connectivity index (χ0v) is 7.41. The maximum atomic E-state index is 5.27. The van der Waals surface area contributed by atoms with Crippen molar-refractivity contribution >= 4 is 0 Å². The van der Waals surface area contributed by atoms with Gasteiger partial charge >= 0.3 is 0 Å². The van der Waals surface area contributed by atoms with Crippen molar-refractivity contribution < 1.29 is 0 Å². The van der Waals surface area contributed by atoms with Gasteiger partial charge in [-0.25, -0.2) is 0 Å². The Morgan fingerprint density at radius 2 is 2.50 bits per heavy atom. The Labute approximate surface area is 72.9 Å². The number of rotatable bonds is 2. The molecule has 0 aliphatic carbocycles. The van der Waals surface area contributed by atoms with Gasteiger partial charge in [0.1, 0.15) is 5.69 Å². The van der Waals surface area contributed by atoms with Gasteiger partial charge in [-0.05, 0) is 19.9 Å². The fraction of sp³-hybridized carbons (Fsp3) is 0.300. The molecule has 0 aliphatic heterocycles. The van der Waals surface area contributed by atoms with Gasteiger partial charge in [-0.2, -0.15) is 5.10 Å². The van der Waals surface area contributed by atoms with E-state index in [9.17, 15) is 0 Å². The minimum absolute atomic E-state index is 0.759. The van der Waals surface area contributed by atoms with Crippen LogP contribution < -0.4 is 0 Å². The molecule has 2 nitrogen and oxygen atoms in total. The van der Waals surface area contributed by atoms with E-state index in [1.807, 2.05) is 6.07 Å². The van der Waals surface area contributed by atoms with E-state index in [0.29, 0.717) is 0 Å². The lowest BCUT2D eigenvalue weighted by Crippen LogP contribution is -2.00. The van der Waals surface area contributed by atoms with Crippen molar-refractivity contribution in [3.63, 3.8) is 0 Å². The minimum atomic E-state index is 0.759. The van der Waals surface area contributed by atoms with Crippen molar-refractivity contribution in [2.24, 2.45) is 0 Å². The van der Waals surface area contributed by atoms with Crippen LogP contribution in [0.1, 0.15) is 19.5 Å². The van der Waals surface area contributed by atoms with Crippen molar-refractivity contribution in [1.29, 1.82) is 0 Å². The molecule has 0 spiro atoms. The second-order valence-electron chi connectivity index (χ2n) is 2.82. The number of nitrogens with zero attached hydrogens (tertiary/aromatic N) is 2. The van der Waals surface area contributed by atoms with Gasteiger partial charge in [0.25, 0.3) is 0 Å². The molecule has 0 fully saturated rings. The first-order chi connectivity index (χ1) is 5.74. The molecule has 2 heteroatoms. The van der Waals surface area contributed by atoms with E-state index < -0.39 is 0 Å². The Morgan fingerprint density at radius 3 is 3.08 bits per heavy atom. The van der Waals surface area contributed by atoms with Gasteiger partial charge in [0.15, 0.2) is 0 Å². The summed E-state index contributed by atoms with van der Waals surface area (Å²) >= 11 is 0. The van der Waals surface area contributed by atoms with Crippen molar-refractivity contribution in [2.75, 3.05) is 0 Å². The average Bonchev–Trinajstić information content (AvgIpc) is 2.47. The fourth-order valence-electron chi connectivity index (χ4n) is 0.870. The largest absolute Gasteiger partial charge is 0.253 e. The Kier molecular flexibility index (Phi) is 2.71. The van der Waals surface area contributed by atoms with Crippen LogP contribution in [0.5, 0.6) is 0 Å². The summed E-state index contributed by atoms with van der Waals surface area (Å²) < 4.78 is 1.80. The van der Waals surface area contributed by atoms with E-state index in [4.69, 9.17) is 6.42 Å². The van der Waals surface area contributed by atoms with Crippen LogP contribution in [0, 0.1) is 12.3 Å². The molecule has 0 bridgehead atoms. The third kappa shape index (κ3) is 2.00. The minimum Gasteiger partial charge on any atom is -0.253 e. The lowest BCUT2D eigenvalue weighted by atomic mass is 10.3. The lowest BCUT2D eigenvalue weighted by molar-refractivity contribution is 0.690. The number of hydrogen-bond donors (Lipinski definition) is 0. The molecule has 0 saturated heterocycles. The van der Waals surface area contributed by atoms with Gasteiger partial charge in [0.05, 0.1) is 12.7 Å². The highest BCUT2D eigenvalue weighted by Gasteiger charge is 1.94. The molecule has 0 unspecified atom stereocenters. The van der Waals surface area contributed by atoms with Gasteiger partial charge in [-0.1, -0.05) is 17.6 Å². The molecular formula is C10H12N2. The summed E-state index contributed by atoms with van der Waals surface area (Å²) in [5.41, 5.74) is 2.10. The van der Waals surface area contributed by atoms with E-state index in [1.165, 1.54) is 5.57 Å². The Morgan fingerprint density at radius 1 is 1.75 bits per heavy atom. The molecular weight excluding hydrogens is 148 g/mol. The highest BCUT2D eigenvalue weighted by Crippen LogP contribution is 1.98. The van der Waals surface area contributed by atoms with Crippen LogP contribution in [0.2, 0.25) is 0 Å². The first-order valence-electron chi connectivity index (χ1n) is 3.86. The topological polar surface area (TPSA) is 17.8 Å². The smallest absolute Gasteiger partial charge is 0.111 e. The molecule has 0 N–H and O–H groups in total. The summed E-state index contributed by atoms with van der Waals surface area (Å²) in [6, 6.07) is 1.83. The van der Waals surface area contributed by atoms with E-state index in [1.54, 1.807) is 10.9 Å². The molecule has 1 rings (SSSR count). The molecule has 0 aromatic carbocycles. The van der Waals surface area contributed by atoms with Crippen molar-refractivity contribution in [1.82, 2.24) is 9.78 Å². The molecule has 12 heavy (non-hydrogen) atoms.